The largest absolute Gasteiger partial charge is 0.481 e. The zero-order valence-corrected chi connectivity index (χ0v) is 12.5. The van der Waals surface area contributed by atoms with Crippen LogP contribution in [0.5, 0.6) is 0 Å². The predicted molar refractivity (Wildman–Crippen MR) is 78.7 cm³/mol. The second kappa shape index (κ2) is 6.10. The van der Waals surface area contributed by atoms with Gasteiger partial charge in [-0.2, -0.15) is 0 Å². The Morgan fingerprint density at radius 3 is 2.77 bits per heavy atom. The number of carboxylic acid groups (broad SMARTS) is 1. The van der Waals surface area contributed by atoms with E-state index in [9.17, 15) is 13.6 Å². The maximum Gasteiger partial charge on any atom is 0.304 e. The lowest BCUT2D eigenvalue weighted by Crippen LogP contribution is -2.31. The lowest BCUT2D eigenvalue weighted by molar-refractivity contribution is -0.137. The fourth-order valence-corrected chi connectivity index (χ4v) is 3.70. The third-order valence-electron chi connectivity index (χ3n) is 3.63. The number of hydrogen-bond donors (Lipinski definition) is 1. The van der Waals surface area contributed by atoms with E-state index in [-0.39, 0.29) is 12.0 Å². The van der Waals surface area contributed by atoms with Gasteiger partial charge in [0.2, 0.25) is 0 Å². The average molecular weight is 324 g/mol. The van der Waals surface area contributed by atoms with Gasteiger partial charge >= 0.3 is 5.97 Å². The molecule has 4 nitrogen and oxygen atoms in total. The number of aliphatic carboxylic acids is 1. The third kappa shape index (κ3) is 3.00. The van der Waals surface area contributed by atoms with Crippen molar-refractivity contribution in [2.24, 2.45) is 0 Å². The van der Waals surface area contributed by atoms with E-state index in [4.69, 9.17) is 5.11 Å². The second-order valence-electron chi connectivity index (χ2n) is 5.16. The predicted octanol–water partition coefficient (Wildman–Crippen LogP) is 2.92. The van der Waals surface area contributed by atoms with Crippen LogP contribution in [0.2, 0.25) is 0 Å². The molecule has 1 N–H and O–H groups in total. The van der Waals surface area contributed by atoms with E-state index in [1.165, 1.54) is 29.5 Å². The molecule has 1 aromatic carbocycles. The fourth-order valence-electron chi connectivity index (χ4n) is 2.50. The van der Waals surface area contributed by atoms with Crippen LogP contribution < -0.4 is 0 Å². The molecule has 0 radical (unpaired) electrons. The van der Waals surface area contributed by atoms with E-state index < -0.39 is 17.6 Å². The van der Waals surface area contributed by atoms with Crippen molar-refractivity contribution in [3.8, 4) is 10.6 Å². The number of halogens is 2. The average Bonchev–Trinajstić information content (AvgIpc) is 2.87. The molecule has 7 heteroatoms. The summed E-state index contributed by atoms with van der Waals surface area (Å²) < 4.78 is 27.7. The summed E-state index contributed by atoms with van der Waals surface area (Å²) in [5, 5.41) is 9.08. The van der Waals surface area contributed by atoms with Crippen LogP contribution >= 0.6 is 11.3 Å². The number of benzene rings is 1. The highest BCUT2D eigenvalue weighted by Gasteiger charge is 2.23. The first-order valence-electron chi connectivity index (χ1n) is 6.91. The highest BCUT2D eigenvalue weighted by atomic mass is 32.1. The number of nitrogens with zero attached hydrogens (tertiary/aromatic N) is 2. The molecule has 2 aromatic rings. The van der Waals surface area contributed by atoms with Gasteiger partial charge in [0.05, 0.1) is 17.7 Å². The zero-order chi connectivity index (χ0) is 15.7. The summed E-state index contributed by atoms with van der Waals surface area (Å²) in [6, 6.07) is 3.77. The minimum absolute atomic E-state index is 0.0843. The molecular weight excluding hydrogens is 310 g/mol. The molecule has 0 saturated heterocycles. The van der Waals surface area contributed by atoms with Crippen molar-refractivity contribution in [1.29, 1.82) is 0 Å². The summed E-state index contributed by atoms with van der Waals surface area (Å²) >= 11 is 1.27. The number of carboxylic acids is 1. The van der Waals surface area contributed by atoms with Crippen LogP contribution in [-0.2, 0) is 17.8 Å². The van der Waals surface area contributed by atoms with Crippen LogP contribution in [0.25, 0.3) is 10.6 Å². The van der Waals surface area contributed by atoms with Crippen molar-refractivity contribution in [2.45, 2.75) is 19.4 Å². The monoisotopic (exact) mass is 324 g/mol. The van der Waals surface area contributed by atoms with E-state index >= 15 is 0 Å². The van der Waals surface area contributed by atoms with Gasteiger partial charge in [0, 0.05) is 30.9 Å². The highest BCUT2D eigenvalue weighted by Crippen LogP contribution is 2.34. The van der Waals surface area contributed by atoms with Crippen LogP contribution in [0.15, 0.2) is 18.2 Å². The fraction of sp³-hybridized carbons (Fsp3) is 0.333. The summed E-state index contributed by atoms with van der Waals surface area (Å²) in [5.41, 5.74) is 0.771. The van der Waals surface area contributed by atoms with E-state index in [1.54, 1.807) is 0 Å². The lowest BCUT2D eigenvalue weighted by Gasteiger charge is -2.24. The van der Waals surface area contributed by atoms with Gasteiger partial charge < -0.3 is 5.11 Å². The lowest BCUT2D eigenvalue weighted by atomic mass is 10.1. The SMILES string of the molecule is O=C(O)CCN1CCc2nc(-c3c(F)cccc3F)sc2C1. The normalized spacial score (nSPS) is 14.8. The van der Waals surface area contributed by atoms with Gasteiger partial charge in [0.25, 0.3) is 0 Å². The molecule has 2 heterocycles. The minimum Gasteiger partial charge on any atom is -0.481 e. The van der Waals surface area contributed by atoms with Crippen LogP contribution in [0.3, 0.4) is 0 Å². The number of carbonyl (C=O) groups is 1. The van der Waals surface area contributed by atoms with Crippen LogP contribution in [0.4, 0.5) is 8.78 Å². The molecule has 3 rings (SSSR count). The van der Waals surface area contributed by atoms with Gasteiger partial charge in [-0.1, -0.05) is 6.07 Å². The molecule has 1 aliphatic heterocycles. The van der Waals surface area contributed by atoms with E-state index in [0.29, 0.717) is 31.1 Å². The summed E-state index contributed by atoms with van der Waals surface area (Å²) in [6.45, 7) is 1.76. The topological polar surface area (TPSA) is 53.4 Å². The molecule has 0 unspecified atom stereocenters. The minimum atomic E-state index is -0.829. The molecule has 0 fully saturated rings. The summed E-state index contributed by atoms with van der Waals surface area (Å²) in [4.78, 5) is 18.0. The zero-order valence-electron chi connectivity index (χ0n) is 11.7. The molecule has 116 valence electrons. The first-order valence-corrected chi connectivity index (χ1v) is 7.73. The van der Waals surface area contributed by atoms with Gasteiger partial charge in [0.15, 0.2) is 0 Å². The molecule has 0 amide bonds. The van der Waals surface area contributed by atoms with Crippen molar-refractivity contribution < 1.29 is 18.7 Å². The van der Waals surface area contributed by atoms with Crippen LogP contribution in [-0.4, -0.2) is 34.0 Å². The van der Waals surface area contributed by atoms with E-state index in [1.807, 2.05) is 4.90 Å². The number of fused-ring (bicyclic) bond motifs is 1. The van der Waals surface area contributed by atoms with Crippen molar-refractivity contribution in [3.05, 3.63) is 40.4 Å². The van der Waals surface area contributed by atoms with Gasteiger partial charge in [-0.25, -0.2) is 13.8 Å². The smallest absolute Gasteiger partial charge is 0.304 e. The number of hydrogen-bond acceptors (Lipinski definition) is 4. The van der Waals surface area contributed by atoms with Crippen molar-refractivity contribution in [2.75, 3.05) is 13.1 Å². The summed E-state index contributed by atoms with van der Waals surface area (Å²) in [6.07, 6.45) is 0.754. The molecule has 0 saturated carbocycles. The molecule has 0 aliphatic carbocycles. The molecular formula is C15H14F2N2O2S. The number of rotatable bonds is 4. The van der Waals surface area contributed by atoms with Gasteiger partial charge in [-0.3, -0.25) is 9.69 Å². The summed E-state index contributed by atoms with van der Waals surface area (Å²) in [5.74, 6) is -2.06. The summed E-state index contributed by atoms with van der Waals surface area (Å²) in [7, 11) is 0. The Morgan fingerprint density at radius 1 is 1.36 bits per heavy atom. The Hall–Kier alpha value is -1.86. The van der Waals surface area contributed by atoms with Crippen LogP contribution in [0.1, 0.15) is 17.0 Å². The standard InChI is InChI=1S/C15H14F2N2O2S/c16-9-2-1-3-10(17)14(9)15-18-11-4-6-19(7-5-13(20)21)8-12(11)22-15/h1-3H,4-8H2,(H,20,21). The Kier molecular flexibility index (Phi) is 4.17. The highest BCUT2D eigenvalue weighted by molar-refractivity contribution is 7.15. The van der Waals surface area contributed by atoms with E-state index in [2.05, 4.69) is 4.98 Å². The van der Waals surface area contributed by atoms with Crippen LogP contribution in [0, 0.1) is 11.6 Å². The molecule has 0 spiro atoms. The Morgan fingerprint density at radius 2 is 2.09 bits per heavy atom. The number of thiazole rings is 1. The van der Waals surface area contributed by atoms with Gasteiger partial charge in [0.1, 0.15) is 16.6 Å². The molecule has 0 atom stereocenters. The Labute approximate surface area is 130 Å². The van der Waals surface area contributed by atoms with Crippen molar-refractivity contribution in [3.63, 3.8) is 0 Å². The van der Waals surface area contributed by atoms with Gasteiger partial charge in [-0.05, 0) is 12.1 Å². The molecule has 1 aromatic heterocycles. The molecule has 1 aliphatic rings. The number of aromatic nitrogens is 1. The molecule has 22 heavy (non-hydrogen) atoms. The second-order valence-corrected chi connectivity index (χ2v) is 6.24. The molecule has 0 bridgehead atoms. The first-order chi connectivity index (χ1) is 10.5. The maximum absolute atomic E-state index is 13.8. The maximum atomic E-state index is 13.8. The quantitative estimate of drug-likeness (QED) is 0.939. The Bertz CT molecular complexity index is 697. The van der Waals surface area contributed by atoms with E-state index in [0.717, 1.165) is 10.6 Å². The van der Waals surface area contributed by atoms with Gasteiger partial charge in [-0.15, -0.1) is 11.3 Å². The third-order valence-corrected chi connectivity index (χ3v) is 4.73. The Balaban J connectivity index is 1.83. The van der Waals surface area contributed by atoms with Crippen molar-refractivity contribution >= 4 is 17.3 Å². The van der Waals surface area contributed by atoms with Crippen molar-refractivity contribution in [1.82, 2.24) is 9.88 Å². The first kappa shape index (κ1) is 15.1.